The summed E-state index contributed by atoms with van der Waals surface area (Å²) in [4.78, 5) is 34.9. The molecule has 8 heteroatoms. The molecule has 1 atom stereocenters. The van der Waals surface area contributed by atoms with Gasteiger partial charge in [-0.2, -0.15) is 11.8 Å². The van der Waals surface area contributed by atoms with E-state index in [1.807, 2.05) is 6.26 Å². The van der Waals surface area contributed by atoms with Crippen molar-refractivity contribution in [3.63, 3.8) is 0 Å². The zero-order valence-corrected chi connectivity index (χ0v) is 14.1. The Labute approximate surface area is 142 Å². The molecule has 0 bridgehead atoms. The lowest BCUT2D eigenvalue weighted by Crippen LogP contribution is -2.44. The number of carbonyl (C=O) groups is 2. The van der Waals surface area contributed by atoms with Crippen molar-refractivity contribution in [1.29, 1.82) is 0 Å². The fraction of sp³-hybridized carbons (Fsp3) is 0.312. The van der Waals surface area contributed by atoms with Crippen LogP contribution in [-0.4, -0.2) is 37.2 Å². The molecule has 1 unspecified atom stereocenters. The third-order valence-corrected chi connectivity index (χ3v) is 3.92. The van der Waals surface area contributed by atoms with Gasteiger partial charge in [0.2, 0.25) is 0 Å². The molecule has 0 saturated heterocycles. The molecule has 0 aliphatic heterocycles. The SMILES string of the molecule is COC(=O)C(CCSC)NC(=O)Nc1ccc2oc(=O)ccc2c1. The van der Waals surface area contributed by atoms with Crippen LogP contribution in [0.4, 0.5) is 10.5 Å². The van der Waals surface area contributed by atoms with Crippen molar-refractivity contribution < 1.29 is 18.7 Å². The van der Waals surface area contributed by atoms with Crippen LogP contribution in [-0.2, 0) is 9.53 Å². The van der Waals surface area contributed by atoms with E-state index >= 15 is 0 Å². The molecule has 24 heavy (non-hydrogen) atoms. The van der Waals surface area contributed by atoms with Crippen molar-refractivity contribution in [2.24, 2.45) is 0 Å². The molecule has 2 rings (SSSR count). The fourth-order valence-corrected chi connectivity index (χ4v) is 2.57. The third kappa shape index (κ3) is 4.76. The molecule has 1 heterocycles. The molecular formula is C16H18N2O5S. The van der Waals surface area contributed by atoms with Crippen molar-refractivity contribution in [1.82, 2.24) is 5.32 Å². The number of fused-ring (bicyclic) bond motifs is 1. The number of amides is 2. The number of carbonyl (C=O) groups excluding carboxylic acids is 2. The number of nitrogens with one attached hydrogen (secondary N) is 2. The molecule has 0 aliphatic rings. The van der Waals surface area contributed by atoms with Crippen molar-refractivity contribution in [2.75, 3.05) is 24.4 Å². The first kappa shape index (κ1) is 17.9. The monoisotopic (exact) mass is 350 g/mol. The highest BCUT2D eigenvalue weighted by molar-refractivity contribution is 7.98. The summed E-state index contributed by atoms with van der Waals surface area (Å²) in [7, 11) is 1.28. The first-order chi connectivity index (χ1) is 11.5. The van der Waals surface area contributed by atoms with Gasteiger partial charge in [0, 0.05) is 17.1 Å². The summed E-state index contributed by atoms with van der Waals surface area (Å²) < 4.78 is 9.73. The average Bonchev–Trinajstić information content (AvgIpc) is 2.58. The number of rotatable bonds is 6. The second-order valence-corrected chi connectivity index (χ2v) is 5.95. The molecule has 1 aromatic carbocycles. The topological polar surface area (TPSA) is 97.6 Å². The highest BCUT2D eigenvalue weighted by Gasteiger charge is 2.21. The van der Waals surface area contributed by atoms with Gasteiger partial charge in [-0.15, -0.1) is 0 Å². The minimum atomic E-state index is -0.707. The number of thioether (sulfide) groups is 1. The lowest BCUT2D eigenvalue weighted by molar-refractivity contribution is -0.142. The van der Waals surface area contributed by atoms with Crippen LogP contribution in [0.5, 0.6) is 0 Å². The van der Waals surface area contributed by atoms with Gasteiger partial charge in [0.25, 0.3) is 0 Å². The molecule has 1 aromatic heterocycles. The maximum absolute atomic E-state index is 12.1. The minimum Gasteiger partial charge on any atom is -0.467 e. The number of hydrogen-bond donors (Lipinski definition) is 2. The Bertz CT molecular complexity index is 789. The number of esters is 1. The molecule has 0 aliphatic carbocycles. The molecule has 0 saturated carbocycles. The molecule has 0 radical (unpaired) electrons. The van der Waals surface area contributed by atoms with Gasteiger partial charge in [0.05, 0.1) is 7.11 Å². The van der Waals surface area contributed by atoms with Gasteiger partial charge in [0.15, 0.2) is 0 Å². The van der Waals surface area contributed by atoms with Crippen LogP contribution in [0, 0.1) is 0 Å². The summed E-state index contributed by atoms with van der Waals surface area (Å²) in [6.07, 6.45) is 2.39. The van der Waals surface area contributed by atoms with Gasteiger partial charge in [-0.3, -0.25) is 0 Å². The van der Waals surface area contributed by atoms with E-state index in [1.54, 1.807) is 36.0 Å². The molecule has 0 fully saturated rings. The predicted molar refractivity (Wildman–Crippen MR) is 93.4 cm³/mol. The summed E-state index contributed by atoms with van der Waals surface area (Å²) >= 11 is 1.58. The quantitative estimate of drug-likeness (QED) is 0.612. The standard InChI is InChI=1S/C16H18N2O5S/c1-22-15(20)12(7-8-24-2)18-16(21)17-11-4-5-13-10(9-11)3-6-14(19)23-13/h3-6,9,12H,7-8H2,1-2H3,(H2,17,18,21). The van der Waals surface area contributed by atoms with Crippen LogP contribution in [0.3, 0.4) is 0 Å². The number of urea groups is 1. The maximum atomic E-state index is 12.1. The summed E-state index contributed by atoms with van der Waals surface area (Å²) in [6.45, 7) is 0. The molecule has 0 spiro atoms. The molecule has 2 aromatic rings. The van der Waals surface area contributed by atoms with Crippen LogP contribution >= 0.6 is 11.8 Å². The third-order valence-electron chi connectivity index (χ3n) is 3.28. The van der Waals surface area contributed by atoms with E-state index in [2.05, 4.69) is 10.6 Å². The van der Waals surface area contributed by atoms with Crippen LogP contribution in [0.25, 0.3) is 11.0 Å². The van der Waals surface area contributed by atoms with E-state index in [0.29, 0.717) is 23.1 Å². The average molecular weight is 350 g/mol. The Morgan fingerprint density at radius 3 is 2.79 bits per heavy atom. The number of anilines is 1. The van der Waals surface area contributed by atoms with Crippen molar-refractivity contribution >= 4 is 40.4 Å². The van der Waals surface area contributed by atoms with Crippen molar-refractivity contribution in [2.45, 2.75) is 12.5 Å². The molecule has 2 amide bonds. The van der Waals surface area contributed by atoms with Crippen LogP contribution in [0.15, 0.2) is 39.5 Å². The maximum Gasteiger partial charge on any atom is 0.336 e. The van der Waals surface area contributed by atoms with E-state index in [1.165, 1.54) is 13.2 Å². The highest BCUT2D eigenvalue weighted by atomic mass is 32.2. The Morgan fingerprint density at radius 1 is 1.29 bits per heavy atom. The van der Waals surface area contributed by atoms with Gasteiger partial charge in [-0.1, -0.05) is 0 Å². The second kappa shape index (κ2) is 8.39. The van der Waals surface area contributed by atoms with Crippen LogP contribution < -0.4 is 16.3 Å². The Kier molecular flexibility index (Phi) is 6.25. The second-order valence-electron chi connectivity index (χ2n) is 4.96. The summed E-state index contributed by atoms with van der Waals surface area (Å²) in [6, 6.07) is 6.58. The minimum absolute atomic E-state index is 0.431. The van der Waals surface area contributed by atoms with Gasteiger partial charge < -0.3 is 19.8 Å². The number of methoxy groups -OCH3 is 1. The van der Waals surface area contributed by atoms with Gasteiger partial charge in [0.1, 0.15) is 11.6 Å². The molecular weight excluding hydrogens is 332 g/mol. The fourth-order valence-electron chi connectivity index (χ4n) is 2.10. The van der Waals surface area contributed by atoms with Gasteiger partial charge >= 0.3 is 17.6 Å². The first-order valence-corrected chi connectivity index (χ1v) is 8.61. The van der Waals surface area contributed by atoms with E-state index < -0.39 is 23.7 Å². The Morgan fingerprint density at radius 2 is 2.08 bits per heavy atom. The van der Waals surface area contributed by atoms with Crippen molar-refractivity contribution in [3.05, 3.63) is 40.8 Å². The van der Waals surface area contributed by atoms with Gasteiger partial charge in [-0.25, -0.2) is 14.4 Å². The number of ether oxygens (including phenoxy) is 1. The van der Waals surface area contributed by atoms with Crippen LogP contribution in [0.1, 0.15) is 6.42 Å². The van der Waals surface area contributed by atoms with E-state index in [-0.39, 0.29) is 0 Å². The zero-order chi connectivity index (χ0) is 17.5. The Balaban J connectivity index is 2.06. The Hall–Kier alpha value is -2.48. The largest absolute Gasteiger partial charge is 0.467 e. The van der Waals surface area contributed by atoms with Gasteiger partial charge in [-0.05, 0) is 42.7 Å². The molecule has 7 nitrogen and oxygen atoms in total. The number of benzene rings is 1. The summed E-state index contributed by atoms with van der Waals surface area (Å²) in [5, 5.41) is 5.93. The first-order valence-electron chi connectivity index (χ1n) is 7.21. The zero-order valence-electron chi connectivity index (χ0n) is 13.3. The van der Waals surface area contributed by atoms with E-state index in [4.69, 9.17) is 9.15 Å². The summed E-state index contributed by atoms with van der Waals surface area (Å²) in [5.41, 5.74) is 0.513. The van der Waals surface area contributed by atoms with Crippen LogP contribution in [0.2, 0.25) is 0 Å². The normalized spacial score (nSPS) is 11.8. The smallest absolute Gasteiger partial charge is 0.336 e. The summed E-state index contributed by atoms with van der Waals surface area (Å²) in [5.74, 6) is 0.231. The lowest BCUT2D eigenvalue weighted by Gasteiger charge is -2.16. The predicted octanol–water partition coefficient (Wildman–Crippen LogP) is 2.21. The van der Waals surface area contributed by atoms with E-state index in [9.17, 15) is 14.4 Å². The molecule has 128 valence electrons. The van der Waals surface area contributed by atoms with Crippen molar-refractivity contribution in [3.8, 4) is 0 Å². The number of hydrogen-bond acceptors (Lipinski definition) is 6. The highest BCUT2D eigenvalue weighted by Crippen LogP contribution is 2.17. The lowest BCUT2D eigenvalue weighted by atomic mass is 10.2. The molecule has 2 N–H and O–H groups in total. The van der Waals surface area contributed by atoms with E-state index in [0.717, 1.165) is 5.75 Å².